The van der Waals surface area contributed by atoms with Crippen LogP contribution in [0.1, 0.15) is 18.2 Å². The topological polar surface area (TPSA) is 64.4 Å². The van der Waals surface area contributed by atoms with Crippen molar-refractivity contribution in [1.82, 2.24) is 0 Å². The summed E-state index contributed by atoms with van der Waals surface area (Å²) in [6.07, 6.45) is 0.804. The molecular formula is C14H15BrN2O3S. The molecule has 0 radical (unpaired) electrons. The summed E-state index contributed by atoms with van der Waals surface area (Å²) in [6.45, 7) is 3.09. The molecule has 1 aromatic heterocycles. The fourth-order valence-corrected chi connectivity index (χ4v) is 3.16. The molecule has 1 aromatic carbocycles. The third kappa shape index (κ3) is 4.44. The van der Waals surface area contributed by atoms with Crippen molar-refractivity contribution in [2.75, 3.05) is 11.9 Å². The molecule has 0 spiro atoms. The molecule has 1 N–H and O–H groups in total. The average molecular weight is 371 g/mol. The van der Waals surface area contributed by atoms with E-state index in [4.69, 9.17) is 4.74 Å². The minimum Gasteiger partial charge on any atom is -0.487 e. The van der Waals surface area contributed by atoms with Gasteiger partial charge in [0.15, 0.2) is 5.75 Å². The fraction of sp³-hybridized carbons (Fsp3) is 0.286. The summed E-state index contributed by atoms with van der Waals surface area (Å²) in [7, 11) is 0. The minimum absolute atomic E-state index is 0.00660. The van der Waals surface area contributed by atoms with Crippen molar-refractivity contribution >= 4 is 38.6 Å². The van der Waals surface area contributed by atoms with E-state index in [1.54, 1.807) is 23.5 Å². The molecule has 0 atom stereocenters. The molecule has 2 aromatic rings. The van der Waals surface area contributed by atoms with Gasteiger partial charge < -0.3 is 10.1 Å². The third-order valence-electron chi connectivity index (χ3n) is 2.71. The van der Waals surface area contributed by atoms with Gasteiger partial charge in [0, 0.05) is 29.2 Å². The van der Waals surface area contributed by atoms with Crippen LogP contribution in [0.5, 0.6) is 5.75 Å². The molecule has 0 unspecified atom stereocenters. The Morgan fingerprint density at radius 1 is 1.38 bits per heavy atom. The van der Waals surface area contributed by atoms with Gasteiger partial charge in [0.25, 0.3) is 0 Å². The van der Waals surface area contributed by atoms with Gasteiger partial charge in [-0.25, -0.2) is 0 Å². The van der Waals surface area contributed by atoms with Crippen LogP contribution in [0.15, 0.2) is 34.1 Å². The van der Waals surface area contributed by atoms with E-state index in [2.05, 4.69) is 21.2 Å². The Morgan fingerprint density at radius 3 is 2.81 bits per heavy atom. The van der Waals surface area contributed by atoms with Crippen molar-refractivity contribution < 1.29 is 9.66 Å². The Hall–Kier alpha value is -1.60. The highest BCUT2D eigenvalue weighted by atomic mass is 79.9. The van der Waals surface area contributed by atoms with Gasteiger partial charge in [-0.15, -0.1) is 11.3 Å². The summed E-state index contributed by atoms with van der Waals surface area (Å²) in [5.41, 5.74) is 0.795. The SMILES string of the molecule is CCCOc1cc(NCc2ccc(Br)s2)ccc1[N+](=O)[O-]. The molecular weight excluding hydrogens is 356 g/mol. The van der Waals surface area contributed by atoms with Gasteiger partial charge in [0.1, 0.15) is 0 Å². The summed E-state index contributed by atoms with van der Waals surface area (Å²) in [5.74, 6) is 0.305. The van der Waals surface area contributed by atoms with E-state index >= 15 is 0 Å². The lowest BCUT2D eigenvalue weighted by Crippen LogP contribution is -2.02. The van der Waals surface area contributed by atoms with Gasteiger partial charge in [-0.2, -0.15) is 0 Å². The van der Waals surface area contributed by atoms with Crippen molar-refractivity contribution in [3.63, 3.8) is 0 Å². The Labute approximate surface area is 135 Å². The summed E-state index contributed by atoms with van der Waals surface area (Å²) in [5, 5.41) is 14.2. The number of benzene rings is 1. The monoisotopic (exact) mass is 370 g/mol. The van der Waals surface area contributed by atoms with Crippen LogP contribution in [-0.4, -0.2) is 11.5 Å². The van der Waals surface area contributed by atoms with Crippen LogP contribution in [-0.2, 0) is 6.54 Å². The van der Waals surface area contributed by atoms with Crippen LogP contribution in [0.2, 0.25) is 0 Å². The second-order valence-electron chi connectivity index (χ2n) is 4.35. The van der Waals surface area contributed by atoms with Crippen molar-refractivity contribution in [2.24, 2.45) is 0 Å². The first-order chi connectivity index (χ1) is 10.1. The normalized spacial score (nSPS) is 10.4. The molecule has 21 heavy (non-hydrogen) atoms. The van der Waals surface area contributed by atoms with Crippen molar-refractivity contribution in [3.8, 4) is 5.75 Å². The first-order valence-corrected chi connectivity index (χ1v) is 8.10. The van der Waals surface area contributed by atoms with Gasteiger partial charge in [-0.3, -0.25) is 10.1 Å². The fourth-order valence-electron chi connectivity index (χ4n) is 1.74. The predicted octanol–water partition coefficient (Wildman–Crippen LogP) is 4.82. The zero-order valence-electron chi connectivity index (χ0n) is 11.5. The highest BCUT2D eigenvalue weighted by Gasteiger charge is 2.15. The van der Waals surface area contributed by atoms with Crippen LogP contribution < -0.4 is 10.1 Å². The molecule has 0 saturated carbocycles. The van der Waals surface area contributed by atoms with Crippen LogP contribution in [0.4, 0.5) is 11.4 Å². The lowest BCUT2D eigenvalue weighted by molar-refractivity contribution is -0.385. The first-order valence-electron chi connectivity index (χ1n) is 6.49. The minimum atomic E-state index is -0.425. The van der Waals surface area contributed by atoms with Crippen LogP contribution in [0.25, 0.3) is 0 Å². The maximum atomic E-state index is 11.0. The largest absolute Gasteiger partial charge is 0.487 e. The highest BCUT2D eigenvalue weighted by Crippen LogP contribution is 2.31. The van der Waals surface area contributed by atoms with Crippen LogP contribution in [0.3, 0.4) is 0 Å². The van der Waals surface area contributed by atoms with Crippen molar-refractivity contribution in [2.45, 2.75) is 19.9 Å². The standard InChI is InChI=1S/C14H15BrN2O3S/c1-2-7-20-13-8-10(3-5-12(13)17(18)19)16-9-11-4-6-14(15)21-11/h3-6,8,16H,2,7,9H2,1H3. The molecule has 0 aliphatic carbocycles. The number of hydrogen-bond acceptors (Lipinski definition) is 5. The van der Waals surface area contributed by atoms with Crippen molar-refractivity contribution in [1.29, 1.82) is 0 Å². The Kier molecular flexibility index (Phi) is 5.58. The second kappa shape index (κ2) is 7.42. The Morgan fingerprint density at radius 2 is 2.19 bits per heavy atom. The van der Waals surface area contributed by atoms with Gasteiger partial charge in [-0.1, -0.05) is 6.92 Å². The molecule has 0 aliphatic rings. The summed E-state index contributed by atoms with van der Waals surface area (Å²) in [6, 6.07) is 8.86. The van der Waals surface area contributed by atoms with Crippen molar-refractivity contribution in [3.05, 3.63) is 49.1 Å². The first kappa shape index (κ1) is 15.8. The number of halogens is 1. The van der Waals surface area contributed by atoms with Gasteiger partial charge in [0.2, 0.25) is 0 Å². The smallest absolute Gasteiger partial charge is 0.311 e. The number of rotatable bonds is 7. The third-order valence-corrected chi connectivity index (χ3v) is 4.34. The maximum Gasteiger partial charge on any atom is 0.311 e. The van der Waals surface area contributed by atoms with E-state index in [9.17, 15) is 10.1 Å². The number of ether oxygens (including phenoxy) is 1. The van der Waals surface area contributed by atoms with Crippen LogP contribution >= 0.6 is 27.3 Å². The van der Waals surface area contributed by atoms with E-state index in [1.165, 1.54) is 10.9 Å². The lowest BCUT2D eigenvalue weighted by atomic mass is 10.2. The quantitative estimate of drug-likeness (QED) is 0.560. The second-order valence-corrected chi connectivity index (χ2v) is 6.90. The highest BCUT2D eigenvalue weighted by molar-refractivity contribution is 9.11. The molecule has 0 aliphatic heterocycles. The van der Waals surface area contributed by atoms with Gasteiger partial charge in [-0.05, 0) is 40.5 Å². The number of nitro benzene ring substituents is 1. The molecule has 112 valence electrons. The zero-order chi connectivity index (χ0) is 15.2. The number of thiophene rings is 1. The van der Waals surface area contributed by atoms with E-state index < -0.39 is 4.92 Å². The zero-order valence-corrected chi connectivity index (χ0v) is 13.9. The van der Waals surface area contributed by atoms with E-state index in [-0.39, 0.29) is 5.69 Å². The number of nitrogens with one attached hydrogen (secondary N) is 1. The number of nitrogens with zero attached hydrogens (tertiary/aromatic N) is 1. The average Bonchev–Trinajstić information content (AvgIpc) is 2.88. The molecule has 2 rings (SSSR count). The number of anilines is 1. The predicted molar refractivity (Wildman–Crippen MR) is 88.2 cm³/mol. The number of nitro groups is 1. The van der Waals surface area contributed by atoms with E-state index in [0.717, 1.165) is 15.9 Å². The van der Waals surface area contributed by atoms with Gasteiger partial charge in [0.05, 0.1) is 15.3 Å². The maximum absolute atomic E-state index is 11.0. The molecule has 0 amide bonds. The summed E-state index contributed by atoms with van der Waals surface area (Å²) in [4.78, 5) is 11.7. The molecule has 1 heterocycles. The molecule has 0 saturated heterocycles. The Bertz CT molecular complexity index is 630. The lowest BCUT2D eigenvalue weighted by Gasteiger charge is -2.09. The molecule has 0 fully saturated rings. The van der Waals surface area contributed by atoms with Gasteiger partial charge >= 0.3 is 5.69 Å². The van der Waals surface area contributed by atoms with E-state index in [1.807, 2.05) is 19.1 Å². The number of hydrogen-bond donors (Lipinski definition) is 1. The summed E-state index contributed by atoms with van der Waals surface area (Å²) < 4.78 is 6.54. The molecule has 0 bridgehead atoms. The Balaban J connectivity index is 2.10. The molecule has 7 heteroatoms. The summed E-state index contributed by atoms with van der Waals surface area (Å²) >= 11 is 5.07. The van der Waals surface area contributed by atoms with Crippen LogP contribution in [0, 0.1) is 10.1 Å². The van der Waals surface area contributed by atoms with E-state index in [0.29, 0.717) is 18.9 Å². The molecule has 5 nitrogen and oxygen atoms in total.